The maximum atomic E-state index is 6.59. The van der Waals surface area contributed by atoms with E-state index >= 15 is 0 Å². The number of hydrogen-bond acceptors (Lipinski definition) is 4. The Balaban J connectivity index is 1.50. The van der Waals surface area contributed by atoms with E-state index in [1.165, 1.54) is 5.39 Å². The zero-order chi connectivity index (χ0) is 25.8. The number of nitrogens with zero attached hydrogens (tertiary/aromatic N) is 2. The van der Waals surface area contributed by atoms with Crippen molar-refractivity contribution in [2.24, 2.45) is 0 Å². The second-order valence-electron chi connectivity index (χ2n) is 9.64. The van der Waals surface area contributed by atoms with Gasteiger partial charge < -0.3 is 13.7 Å². The first-order valence-electron chi connectivity index (χ1n) is 13.0. The fraction of sp³-hybridized carbons (Fsp3) is 0. The predicted molar refractivity (Wildman–Crippen MR) is 159 cm³/mol. The molecule has 0 atom stereocenters. The summed E-state index contributed by atoms with van der Waals surface area (Å²) in [5, 5.41) is 4.40. The van der Waals surface area contributed by atoms with Gasteiger partial charge in [0.05, 0.1) is 0 Å². The number of fused-ring (bicyclic) bond motifs is 5. The molecule has 0 aliphatic carbocycles. The number of oxazole rings is 1. The van der Waals surface area contributed by atoms with Crippen LogP contribution in [0.1, 0.15) is 0 Å². The predicted octanol–water partition coefficient (Wildman–Crippen LogP) is 10.0. The summed E-state index contributed by atoms with van der Waals surface area (Å²) in [6.45, 7) is 0. The molecule has 0 bridgehead atoms. The highest BCUT2D eigenvalue weighted by atomic mass is 16.4. The van der Waals surface area contributed by atoms with Crippen LogP contribution < -0.4 is 4.90 Å². The van der Waals surface area contributed by atoms with Gasteiger partial charge in [-0.25, -0.2) is 4.98 Å². The van der Waals surface area contributed by atoms with Gasteiger partial charge in [-0.05, 0) is 59.3 Å². The maximum absolute atomic E-state index is 6.59. The lowest BCUT2D eigenvalue weighted by Gasteiger charge is -2.25. The summed E-state index contributed by atoms with van der Waals surface area (Å²) in [6, 6.07) is 45.5. The molecule has 8 rings (SSSR count). The van der Waals surface area contributed by atoms with Gasteiger partial charge in [0.2, 0.25) is 5.89 Å². The SMILES string of the molecule is c1ccc(-c2nc3cc4c(oc5ccccc54)c(N(c4ccccc4)c4ccc5ccccc5c4)c3o2)cc1. The molecule has 0 aliphatic rings. The van der Waals surface area contributed by atoms with E-state index < -0.39 is 0 Å². The molecule has 0 spiro atoms. The number of hydrogen-bond donors (Lipinski definition) is 0. The first-order chi connectivity index (χ1) is 19.3. The van der Waals surface area contributed by atoms with Gasteiger partial charge in [-0.1, -0.05) is 84.9 Å². The summed E-state index contributed by atoms with van der Waals surface area (Å²) in [6.07, 6.45) is 0. The summed E-state index contributed by atoms with van der Waals surface area (Å²) < 4.78 is 13.2. The fourth-order valence-electron chi connectivity index (χ4n) is 5.43. The third kappa shape index (κ3) is 3.50. The van der Waals surface area contributed by atoms with Crippen molar-refractivity contribution in [3.05, 3.63) is 133 Å². The number of para-hydroxylation sites is 2. The van der Waals surface area contributed by atoms with Crippen LogP contribution in [0.2, 0.25) is 0 Å². The van der Waals surface area contributed by atoms with Crippen molar-refractivity contribution in [3.63, 3.8) is 0 Å². The molecule has 0 amide bonds. The molecule has 2 aromatic heterocycles. The smallest absolute Gasteiger partial charge is 0.227 e. The lowest BCUT2D eigenvalue weighted by molar-refractivity contribution is 0.618. The molecule has 4 heteroatoms. The van der Waals surface area contributed by atoms with Gasteiger partial charge >= 0.3 is 0 Å². The van der Waals surface area contributed by atoms with Crippen molar-refractivity contribution in [2.45, 2.75) is 0 Å². The Kier molecular flexibility index (Phi) is 4.79. The average molecular weight is 503 g/mol. The summed E-state index contributed by atoms with van der Waals surface area (Å²) in [5.74, 6) is 0.579. The Hall–Kier alpha value is -5.35. The summed E-state index contributed by atoms with van der Waals surface area (Å²) in [4.78, 5) is 7.19. The molecule has 184 valence electrons. The molecular weight excluding hydrogens is 480 g/mol. The van der Waals surface area contributed by atoms with Gasteiger partial charge in [0.15, 0.2) is 11.2 Å². The van der Waals surface area contributed by atoms with Crippen LogP contribution in [0.15, 0.2) is 142 Å². The summed E-state index contributed by atoms with van der Waals surface area (Å²) >= 11 is 0. The second-order valence-corrected chi connectivity index (χ2v) is 9.64. The molecule has 8 aromatic rings. The van der Waals surface area contributed by atoms with Gasteiger partial charge in [0, 0.05) is 27.7 Å². The Morgan fingerprint density at radius 2 is 1.23 bits per heavy atom. The van der Waals surface area contributed by atoms with Gasteiger partial charge in [-0.15, -0.1) is 0 Å². The molecule has 0 N–H and O–H groups in total. The lowest BCUT2D eigenvalue weighted by atomic mass is 10.1. The number of aromatic nitrogens is 1. The minimum atomic E-state index is 0.579. The van der Waals surface area contributed by atoms with Crippen molar-refractivity contribution in [1.29, 1.82) is 0 Å². The van der Waals surface area contributed by atoms with E-state index in [0.717, 1.165) is 55.5 Å². The number of furan rings is 1. The Bertz CT molecular complexity index is 2130. The van der Waals surface area contributed by atoms with E-state index in [9.17, 15) is 0 Å². The summed E-state index contributed by atoms with van der Waals surface area (Å²) in [7, 11) is 0. The lowest BCUT2D eigenvalue weighted by Crippen LogP contribution is -2.10. The van der Waals surface area contributed by atoms with Crippen molar-refractivity contribution >= 4 is 60.9 Å². The number of anilines is 3. The highest BCUT2D eigenvalue weighted by molar-refractivity contribution is 6.17. The Morgan fingerprint density at radius 1 is 0.513 bits per heavy atom. The number of benzene rings is 6. The van der Waals surface area contributed by atoms with Gasteiger partial charge in [-0.3, -0.25) is 0 Å². The van der Waals surface area contributed by atoms with E-state index in [-0.39, 0.29) is 0 Å². The van der Waals surface area contributed by atoms with Crippen LogP contribution >= 0.6 is 0 Å². The normalized spacial score (nSPS) is 11.6. The van der Waals surface area contributed by atoms with E-state index in [4.69, 9.17) is 13.8 Å². The van der Waals surface area contributed by atoms with Gasteiger partial charge in [0.25, 0.3) is 0 Å². The molecule has 6 aromatic carbocycles. The largest absolute Gasteiger partial charge is 0.454 e. The van der Waals surface area contributed by atoms with E-state index in [1.807, 2.05) is 54.6 Å². The van der Waals surface area contributed by atoms with Crippen molar-refractivity contribution in [2.75, 3.05) is 4.90 Å². The van der Waals surface area contributed by atoms with Crippen LogP contribution in [0.25, 0.3) is 55.3 Å². The summed E-state index contributed by atoms with van der Waals surface area (Å²) in [5.41, 5.74) is 6.81. The quantitative estimate of drug-likeness (QED) is 0.240. The molecule has 4 nitrogen and oxygen atoms in total. The highest BCUT2D eigenvalue weighted by Gasteiger charge is 2.26. The minimum absolute atomic E-state index is 0.579. The van der Waals surface area contributed by atoms with E-state index in [2.05, 4.69) is 83.8 Å². The maximum Gasteiger partial charge on any atom is 0.227 e. The molecule has 0 fully saturated rings. The third-order valence-corrected chi connectivity index (χ3v) is 7.25. The molecule has 0 unspecified atom stereocenters. The topological polar surface area (TPSA) is 42.4 Å². The Morgan fingerprint density at radius 3 is 2.08 bits per heavy atom. The van der Waals surface area contributed by atoms with E-state index in [0.29, 0.717) is 11.5 Å². The zero-order valence-corrected chi connectivity index (χ0v) is 20.9. The standard InChI is InChI=1S/C35H22N2O2/c1-3-12-24(13-4-1)35-36-30-22-29-28-17-9-10-18-31(28)38-33(29)32(34(30)39-35)37(26-15-5-2-6-16-26)27-20-19-23-11-7-8-14-25(23)21-27/h1-22H. The third-order valence-electron chi connectivity index (χ3n) is 7.25. The second kappa shape index (κ2) is 8.61. The first-order valence-corrected chi connectivity index (χ1v) is 13.0. The Labute approximate surface area is 224 Å². The number of rotatable bonds is 4. The minimum Gasteiger partial charge on any atom is -0.454 e. The molecule has 0 saturated heterocycles. The molecule has 39 heavy (non-hydrogen) atoms. The molecule has 0 radical (unpaired) electrons. The van der Waals surface area contributed by atoms with Crippen molar-refractivity contribution in [3.8, 4) is 11.5 Å². The average Bonchev–Trinajstić information content (AvgIpc) is 3.60. The molecule has 0 aliphatic heterocycles. The van der Waals surface area contributed by atoms with Crippen LogP contribution in [0.4, 0.5) is 17.1 Å². The van der Waals surface area contributed by atoms with Crippen LogP contribution in [-0.2, 0) is 0 Å². The van der Waals surface area contributed by atoms with Crippen LogP contribution in [-0.4, -0.2) is 4.98 Å². The van der Waals surface area contributed by atoms with Gasteiger partial charge in [-0.2, -0.15) is 0 Å². The van der Waals surface area contributed by atoms with Crippen LogP contribution in [0.5, 0.6) is 0 Å². The van der Waals surface area contributed by atoms with Crippen LogP contribution in [0.3, 0.4) is 0 Å². The molecule has 0 saturated carbocycles. The monoisotopic (exact) mass is 502 g/mol. The molecular formula is C35H22N2O2. The first kappa shape index (κ1) is 21.7. The van der Waals surface area contributed by atoms with E-state index in [1.54, 1.807) is 0 Å². The van der Waals surface area contributed by atoms with Crippen molar-refractivity contribution < 1.29 is 8.83 Å². The molecule has 2 heterocycles. The fourth-order valence-corrected chi connectivity index (χ4v) is 5.43. The van der Waals surface area contributed by atoms with Gasteiger partial charge in [0.1, 0.15) is 16.8 Å². The van der Waals surface area contributed by atoms with Crippen LogP contribution in [0, 0.1) is 0 Å². The zero-order valence-electron chi connectivity index (χ0n) is 20.9. The highest BCUT2D eigenvalue weighted by Crippen LogP contribution is 2.47. The van der Waals surface area contributed by atoms with Crippen molar-refractivity contribution in [1.82, 2.24) is 4.98 Å².